The second-order valence-electron chi connectivity index (χ2n) is 3.72. The van der Waals surface area contributed by atoms with Crippen molar-refractivity contribution in [3.05, 3.63) is 22.8 Å². The van der Waals surface area contributed by atoms with Gasteiger partial charge in [0.05, 0.1) is 36.6 Å². The van der Waals surface area contributed by atoms with Crippen molar-refractivity contribution >= 4 is 17.5 Å². The minimum atomic E-state index is 0.182. The lowest BCUT2D eigenvalue weighted by molar-refractivity contribution is 0.402. The highest BCUT2D eigenvalue weighted by Crippen LogP contribution is 2.45. The number of nitrogens with two attached hydrogens (primary N) is 1. The highest BCUT2D eigenvalue weighted by Gasteiger charge is 2.21. The van der Waals surface area contributed by atoms with Gasteiger partial charge < -0.3 is 19.7 Å². The molecule has 0 unspecified atom stereocenters. The summed E-state index contributed by atoms with van der Waals surface area (Å²) in [6.45, 7) is 1.88. The number of aromatic nitrogens is 1. The second kappa shape index (κ2) is 4.78. The molecule has 0 saturated carbocycles. The zero-order chi connectivity index (χ0) is 13.3. The lowest BCUT2D eigenvalue weighted by Crippen LogP contribution is -1.96. The quantitative estimate of drug-likeness (QED) is 0.927. The van der Waals surface area contributed by atoms with Gasteiger partial charge in [-0.2, -0.15) is 0 Å². The number of nitrogens with zero attached hydrogens (tertiary/aromatic N) is 1. The molecule has 0 amide bonds. The van der Waals surface area contributed by atoms with Gasteiger partial charge in [-0.25, -0.2) is 0 Å². The number of benzene rings is 1. The van der Waals surface area contributed by atoms with Crippen LogP contribution in [0.15, 0.2) is 16.8 Å². The van der Waals surface area contributed by atoms with Crippen LogP contribution in [0.25, 0.3) is 11.1 Å². The van der Waals surface area contributed by atoms with Gasteiger partial charge in [0.15, 0.2) is 0 Å². The fourth-order valence-corrected chi connectivity index (χ4v) is 2.25. The third kappa shape index (κ3) is 1.86. The molecule has 0 spiro atoms. The fourth-order valence-electron chi connectivity index (χ4n) is 1.83. The van der Waals surface area contributed by atoms with Crippen molar-refractivity contribution in [2.24, 2.45) is 0 Å². The summed E-state index contributed by atoms with van der Waals surface area (Å²) < 4.78 is 15.4. The Bertz CT molecular complexity index is 581. The van der Waals surface area contributed by atoms with E-state index in [2.05, 4.69) is 5.16 Å². The first-order chi connectivity index (χ1) is 8.60. The van der Waals surface area contributed by atoms with Crippen molar-refractivity contribution in [3.8, 4) is 22.6 Å². The maximum absolute atomic E-state index is 6.33. The van der Waals surface area contributed by atoms with Crippen LogP contribution in [0, 0.1) is 6.92 Å². The van der Waals surface area contributed by atoms with Gasteiger partial charge >= 0.3 is 0 Å². The van der Waals surface area contributed by atoms with Gasteiger partial charge in [-0.05, 0) is 18.6 Å². The molecule has 5 nitrogen and oxygen atoms in total. The van der Waals surface area contributed by atoms with E-state index in [-0.39, 0.29) is 5.88 Å². The Morgan fingerprint density at radius 2 is 2.06 bits per heavy atom. The standard InChI is InChI=1S/C12H13ClN2O3/c1-6-4-8(16-2)9(10(13)11(6)17-3)7-5-15-18-12(7)14/h4-5H,14H2,1-3H3. The van der Waals surface area contributed by atoms with E-state index in [4.69, 9.17) is 31.3 Å². The van der Waals surface area contributed by atoms with Gasteiger partial charge in [-0.15, -0.1) is 0 Å². The lowest BCUT2D eigenvalue weighted by Gasteiger charge is -2.14. The zero-order valence-corrected chi connectivity index (χ0v) is 11.0. The van der Waals surface area contributed by atoms with Gasteiger partial charge in [-0.1, -0.05) is 16.8 Å². The van der Waals surface area contributed by atoms with Gasteiger partial charge in [0.25, 0.3) is 0 Å². The number of rotatable bonds is 3. The van der Waals surface area contributed by atoms with E-state index in [0.717, 1.165) is 5.56 Å². The first kappa shape index (κ1) is 12.6. The summed E-state index contributed by atoms with van der Waals surface area (Å²) in [7, 11) is 3.12. The Hall–Kier alpha value is -1.88. The normalized spacial score (nSPS) is 10.4. The van der Waals surface area contributed by atoms with E-state index < -0.39 is 0 Å². The summed E-state index contributed by atoms with van der Waals surface area (Å²) in [6, 6.07) is 1.83. The van der Waals surface area contributed by atoms with Crippen molar-refractivity contribution in [2.75, 3.05) is 20.0 Å². The molecule has 1 heterocycles. The Balaban J connectivity index is 2.76. The van der Waals surface area contributed by atoms with Gasteiger partial charge in [0, 0.05) is 0 Å². The molecular weight excluding hydrogens is 256 g/mol. The first-order valence-corrected chi connectivity index (χ1v) is 5.59. The van der Waals surface area contributed by atoms with Crippen LogP contribution in [0.2, 0.25) is 5.02 Å². The van der Waals surface area contributed by atoms with Crippen LogP contribution in [-0.4, -0.2) is 19.4 Å². The molecule has 96 valence electrons. The highest BCUT2D eigenvalue weighted by atomic mass is 35.5. The van der Waals surface area contributed by atoms with E-state index in [0.29, 0.717) is 27.6 Å². The van der Waals surface area contributed by atoms with E-state index in [1.54, 1.807) is 14.2 Å². The van der Waals surface area contributed by atoms with Crippen molar-refractivity contribution < 1.29 is 14.0 Å². The average Bonchev–Trinajstić information content (AvgIpc) is 2.75. The van der Waals surface area contributed by atoms with Crippen LogP contribution in [-0.2, 0) is 0 Å². The molecule has 0 fully saturated rings. The average molecular weight is 269 g/mol. The van der Waals surface area contributed by atoms with Crippen LogP contribution in [0.5, 0.6) is 11.5 Å². The molecule has 0 aliphatic rings. The molecule has 2 aromatic rings. The molecule has 2 N–H and O–H groups in total. The van der Waals surface area contributed by atoms with Crippen molar-refractivity contribution in [3.63, 3.8) is 0 Å². The SMILES string of the molecule is COc1cc(C)c(OC)c(Cl)c1-c1cnoc1N. The van der Waals surface area contributed by atoms with E-state index in [1.807, 2.05) is 13.0 Å². The monoisotopic (exact) mass is 268 g/mol. The maximum Gasteiger partial charge on any atom is 0.230 e. The minimum Gasteiger partial charge on any atom is -0.496 e. The lowest BCUT2D eigenvalue weighted by atomic mass is 10.0. The molecule has 1 aromatic heterocycles. The van der Waals surface area contributed by atoms with Crippen LogP contribution in [0.4, 0.5) is 5.88 Å². The van der Waals surface area contributed by atoms with Crippen molar-refractivity contribution in [2.45, 2.75) is 6.92 Å². The Morgan fingerprint density at radius 1 is 1.33 bits per heavy atom. The molecule has 0 aliphatic carbocycles. The molecule has 0 aliphatic heterocycles. The summed E-state index contributed by atoms with van der Waals surface area (Å²) in [6.07, 6.45) is 1.49. The van der Waals surface area contributed by atoms with E-state index in [1.165, 1.54) is 6.20 Å². The molecule has 0 atom stereocenters. The molecular formula is C12H13ClN2O3. The number of hydrogen-bond acceptors (Lipinski definition) is 5. The number of anilines is 1. The van der Waals surface area contributed by atoms with E-state index in [9.17, 15) is 0 Å². The molecule has 0 saturated heterocycles. The predicted octanol–water partition coefficient (Wildman–Crippen LogP) is 2.90. The van der Waals surface area contributed by atoms with Crippen LogP contribution in [0.3, 0.4) is 0 Å². The van der Waals surface area contributed by atoms with E-state index >= 15 is 0 Å². The third-order valence-corrected chi connectivity index (χ3v) is 3.02. The fraction of sp³-hybridized carbons (Fsp3) is 0.250. The Morgan fingerprint density at radius 3 is 2.56 bits per heavy atom. The number of aryl methyl sites for hydroxylation is 1. The highest BCUT2D eigenvalue weighted by molar-refractivity contribution is 6.35. The van der Waals surface area contributed by atoms with Gasteiger partial charge in [0.2, 0.25) is 5.88 Å². The van der Waals surface area contributed by atoms with Crippen LogP contribution in [0.1, 0.15) is 5.56 Å². The number of hydrogen-bond donors (Lipinski definition) is 1. The summed E-state index contributed by atoms with van der Waals surface area (Å²) in [5, 5.41) is 4.06. The maximum atomic E-state index is 6.33. The largest absolute Gasteiger partial charge is 0.496 e. The number of nitrogen functional groups attached to an aromatic ring is 1. The van der Waals surface area contributed by atoms with Crippen molar-refractivity contribution in [1.29, 1.82) is 0 Å². The van der Waals surface area contributed by atoms with Crippen molar-refractivity contribution in [1.82, 2.24) is 5.16 Å². The van der Waals surface area contributed by atoms with Crippen LogP contribution < -0.4 is 15.2 Å². The molecule has 0 bridgehead atoms. The number of ether oxygens (including phenoxy) is 2. The zero-order valence-electron chi connectivity index (χ0n) is 10.3. The molecule has 6 heteroatoms. The Labute approximate surface area is 109 Å². The molecule has 18 heavy (non-hydrogen) atoms. The summed E-state index contributed by atoms with van der Waals surface area (Å²) in [5.74, 6) is 1.35. The smallest absolute Gasteiger partial charge is 0.230 e. The molecule has 1 aromatic carbocycles. The summed E-state index contributed by atoms with van der Waals surface area (Å²) >= 11 is 6.33. The number of methoxy groups -OCH3 is 2. The minimum absolute atomic E-state index is 0.182. The summed E-state index contributed by atoms with van der Waals surface area (Å²) in [5.41, 5.74) is 7.77. The Kier molecular flexibility index (Phi) is 3.34. The third-order valence-electron chi connectivity index (χ3n) is 2.66. The predicted molar refractivity (Wildman–Crippen MR) is 69.2 cm³/mol. The topological polar surface area (TPSA) is 70.5 Å². The first-order valence-electron chi connectivity index (χ1n) is 5.21. The van der Waals surface area contributed by atoms with Gasteiger partial charge in [0.1, 0.15) is 11.5 Å². The number of halogens is 1. The van der Waals surface area contributed by atoms with Crippen LogP contribution >= 0.6 is 11.6 Å². The molecule has 0 radical (unpaired) electrons. The molecule has 2 rings (SSSR count). The second-order valence-corrected chi connectivity index (χ2v) is 4.10. The summed E-state index contributed by atoms with van der Waals surface area (Å²) in [4.78, 5) is 0. The van der Waals surface area contributed by atoms with Gasteiger partial charge in [-0.3, -0.25) is 0 Å².